The maximum Gasteiger partial charge on any atom is 0.407 e. The maximum atomic E-state index is 11.9. The van der Waals surface area contributed by atoms with Gasteiger partial charge in [0.2, 0.25) is 0 Å². The predicted molar refractivity (Wildman–Crippen MR) is 122 cm³/mol. The third-order valence-corrected chi connectivity index (χ3v) is 6.05. The fourth-order valence-electron chi connectivity index (χ4n) is 3.88. The molecule has 0 saturated heterocycles. The standard InChI is InChI=1S/C23H42N2O6/c1-6-30-18-12-9-15-20(14-8-11-17-24(4)21(26)27)23(3,25(5)22(28)29)16-10-13-19-31-7-2/h6-7,20H,1-2,8-19H2,3-5H3,(H,26,27)(H,28,29). The minimum absolute atomic E-state index is 0.160. The largest absolute Gasteiger partial charge is 0.502 e. The molecule has 2 N–H and O–H groups in total. The van der Waals surface area contributed by atoms with Gasteiger partial charge in [0.1, 0.15) is 0 Å². The van der Waals surface area contributed by atoms with Gasteiger partial charge >= 0.3 is 12.2 Å². The second kappa shape index (κ2) is 16.3. The van der Waals surface area contributed by atoms with Crippen LogP contribution >= 0.6 is 0 Å². The van der Waals surface area contributed by atoms with Crippen molar-refractivity contribution in [3.63, 3.8) is 0 Å². The van der Waals surface area contributed by atoms with Crippen LogP contribution in [0.2, 0.25) is 0 Å². The van der Waals surface area contributed by atoms with Crippen molar-refractivity contribution in [2.45, 2.75) is 70.3 Å². The molecule has 2 atom stereocenters. The fourth-order valence-corrected chi connectivity index (χ4v) is 3.88. The Kier molecular flexibility index (Phi) is 15.1. The van der Waals surface area contributed by atoms with Gasteiger partial charge in [-0.3, -0.25) is 0 Å². The first-order chi connectivity index (χ1) is 14.7. The smallest absolute Gasteiger partial charge is 0.407 e. The van der Waals surface area contributed by atoms with E-state index in [1.54, 1.807) is 14.1 Å². The molecule has 0 aliphatic carbocycles. The van der Waals surface area contributed by atoms with Crippen LogP contribution in [0.15, 0.2) is 25.7 Å². The van der Waals surface area contributed by atoms with Crippen LogP contribution in [0.5, 0.6) is 0 Å². The Morgan fingerprint density at radius 3 is 1.90 bits per heavy atom. The summed E-state index contributed by atoms with van der Waals surface area (Å²) in [6, 6.07) is 0. The molecule has 0 radical (unpaired) electrons. The summed E-state index contributed by atoms with van der Waals surface area (Å²) in [6.45, 7) is 10.8. The first-order valence-electron chi connectivity index (χ1n) is 11.1. The molecule has 180 valence electrons. The van der Waals surface area contributed by atoms with Gasteiger partial charge in [-0.1, -0.05) is 19.6 Å². The normalized spacial score (nSPS) is 13.5. The third kappa shape index (κ3) is 11.5. The number of rotatable bonds is 19. The van der Waals surface area contributed by atoms with Gasteiger partial charge in [-0.2, -0.15) is 0 Å². The lowest BCUT2D eigenvalue weighted by molar-refractivity contribution is 0.0456. The van der Waals surface area contributed by atoms with Gasteiger partial charge in [0.05, 0.1) is 25.7 Å². The lowest BCUT2D eigenvalue weighted by Gasteiger charge is -2.44. The lowest BCUT2D eigenvalue weighted by atomic mass is 9.75. The van der Waals surface area contributed by atoms with Crippen molar-refractivity contribution in [2.24, 2.45) is 5.92 Å². The molecule has 0 aromatic carbocycles. The maximum absolute atomic E-state index is 11.9. The molecular formula is C23H42N2O6. The molecule has 0 spiro atoms. The molecule has 0 aliphatic heterocycles. The fraction of sp³-hybridized carbons (Fsp3) is 0.739. The zero-order valence-corrected chi connectivity index (χ0v) is 19.6. The highest BCUT2D eigenvalue weighted by molar-refractivity contribution is 5.65. The average Bonchev–Trinajstić information content (AvgIpc) is 2.73. The topological polar surface area (TPSA) is 99.5 Å². The highest BCUT2D eigenvalue weighted by Gasteiger charge is 2.39. The minimum atomic E-state index is -0.935. The van der Waals surface area contributed by atoms with Crippen LogP contribution < -0.4 is 0 Å². The van der Waals surface area contributed by atoms with Crippen molar-refractivity contribution in [3.8, 4) is 0 Å². The molecule has 2 amide bonds. The molecular weight excluding hydrogens is 400 g/mol. The Morgan fingerprint density at radius 1 is 0.903 bits per heavy atom. The number of hydrogen-bond donors (Lipinski definition) is 2. The van der Waals surface area contributed by atoms with E-state index in [0.717, 1.165) is 57.8 Å². The molecule has 0 fully saturated rings. The summed E-state index contributed by atoms with van der Waals surface area (Å²) in [5.74, 6) is 0.160. The summed E-state index contributed by atoms with van der Waals surface area (Å²) in [5, 5.41) is 18.8. The Hall–Kier alpha value is -2.38. The van der Waals surface area contributed by atoms with E-state index >= 15 is 0 Å². The van der Waals surface area contributed by atoms with Crippen molar-refractivity contribution < 1.29 is 29.3 Å². The number of unbranched alkanes of at least 4 members (excludes halogenated alkanes) is 3. The Labute approximate surface area is 187 Å². The molecule has 0 heterocycles. The second-order valence-electron chi connectivity index (χ2n) is 8.12. The molecule has 0 saturated carbocycles. The molecule has 0 aliphatic rings. The van der Waals surface area contributed by atoms with Crippen molar-refractivity contribution in [2.75, 3.05) is 33.9 Å². The van der Waals surface area contributed by atoms with E-state index in [0.29, 0.717) is 19.8 Å². The summed E-state index contributed by atoms with van der Waals surface area (Å²) in [4.78, 5) is 25.6. The van der Waals surface area contributed by atoms with Crippen molar-refractivity contribution in [3.05, 3.63) is 25.7 Å². The number of amides is 2. The van der Waals surface area contributed by atoms with E-state index in [2.05, 4.69) is 13.2 Å². The lowest BCUT2D eigenvalue weighted by Crippen LogP contribution is -2.52. The zero-order valence-electron chi connectivity index (χ0n) is 19.6. The third-order valence-electron chi connectivity index (χ3n) is 6.05. The van der Waals surface area contributed by atoms with Crippen LogP contribution in [0.1, 0.15) is 64.7 Å². The Balaban J connectivity index is 5.18. The molecule has 0 aromatic heterocycles. The van der Waals surface area contributed by atoms with Crippen LogP contribution in [0, 0.1) is 5.92 Å². The quantitative estimate of drug-likeness (QED) is 0.205. The van der Waals surface area contributed by atoms with E-state index in [1.807, 2.05) is 6.92 Å². The van der Waals surface area contributed by atoms with Gasteiger partial charge in [-0.15, -0.1) is 0 Å². The summed E-state index contributed by atoms with van der Waals surface area (Å²) < 4.78 is 10.4. The number of carbonyl (C=O) groups is 2. The Morgan fingerprint density at radius 2 is 1.42 bits per heavy atom. The summed E-state index contributed by atoms with van der Waals surface area (Å²) >= 11 is 0. The minimum Gasteiger partial charge on any atom is -0.502 e. The number of nitrogens with zero attached hydrogens (tertiary/aromatic N) is 2. The summed E-state index contributed by atoms with van der Waals surface area (Å²) in [5.41, 5.74) is -0.516. The van der Waals surface area contributed by atoms with Gasteiger partial charge in [0.15, 0.2) is 0 Å². The molecule has 8 heteroatoms. The van der Waals surface area contributed by atoms with Gasteiger partial charge in [-0.05, 0) is 64.2 Å². The number of hydrogen-bond acceptors (Lipinski definition) is 4. The van der Waals surface area contributed by atoms with Crippen LogP contribution in [0.4, 0.5) is 9.59 Å². The van der Waals surface area contributed by atoms with Gasteiger partial charge in [0.25, 0.3) is 0 Å². The van der Waals surface area contributed by atoms with Crippen molar-refractivity contribution >= 4 is 12.2 Å². The summed E-state index contributed by atoms with van der Waals surface area (Å²) in [7, 11) is 3.21. The van der Waals surface area contributed by atoms with Crippen molar-refractivity contribution in [1.82, 2.24) is 9.80 Å². The predicted octanol–water partition coefficient (Wildman–Crippen LogP) is 5.41. The zero-order chi connectivity index (χ0) is 23.7. The van der Waals surface area contributed by atoms with E-state index in [9.17, 15) is 14.7 Å². The number of carboxylic acid groups (broad SMARTS) is 2. The first kappa shape index (κ1) is 28.6. The second-order valence-corrected chi connectivity index (χ2v) is 8.12. The van der Waals surface area contributed by atoms with Gasteiger partial charge < -0.3 is 29.5 Å². The monoisotopic (exact) mass is 442 g/mol. The molecule has 0 rings (SSSR count). The molecule has 0 aromatic rings. The molecule has 0 bridgehead atoms. The molecule has 8 nitrogen and oxygen atoms in total. The average molecular weight is 443 g/mol. The highest BCUT2D eigenvalue weighted by atomic mass is 16.5. The van der Waals surface area contributed by atoms with Crippen LogP contribution in [0.25, 0.3) is 0 Å². The van der Waals surface area contributed by atoms with E-state index in [1.165, 1.54) is 22.3 Å². The number of ether oxygens (including phenoxy) is 2. The SMILES string of the molecule is C=COCCCCC(CCCCN(C)C(=O)O)C(C)(CCCCOC=C)N(C)C(=O)O. The highest BCUT2D eigenvalue weighted by Crippen LogP contribution is 2.36. The van der Waals surface area contributed by atoms with Gasteiger partial charge in [0, 0.05) is 26.2 Å². The van der Waals surface area contributed by atoms with Crippen LogP contribution in [0.3, 0.4) is 0 Å². The molecule has 2 unspecified atom stereocenters. The van der Waals surface area contributed by atoms with Gasteiger partial charge in [-0.25, -0.2) is 9.59 Å². The van der Waals surface area contributed by atoms with Crippen LogP contribution in [-0.2, 0) is 9.47 Å². The Bertz CT molecular complexity index is 542. The first-order valence-corrected chi connectivity index (χ1v) is 11.1. The van der Waals surface area contributed by atoms with E-state index in [4.69, 9.17) is 14.6 Å². The van der Waals surface area contributed by atoms with Crippen LogP contribution in [-0.4, -0.2) is 71.6 Å². The van der Waals surface area contributed by atoms with E-state index < -0.39 is 17.7 Å². The van der Waals surface area contributed by atoms with E-state index in [-0.39, 0.29) is 5.92 Å². The molecule has 31 heavy (non-hydrogen) atoms. The summed E-state index contributed by atoms with van der Waals surface area (Å²) in [6.07, 6.45) is 8.52. The van der Waals surface area contributed by atoms with Crippen molar-refractivity contribution in [1.29, 1.82) is 0 Å².